The summed E-state index contributed by atoms with van der Waals surface area (Å²) in [5, 5.41) is 3.66. The molecule has 0 bridgehead atoms. The van der Waals surface area contributed by atoms with Gasteiger partial charge in [-0.05, 0) is 38.8 Å². The molecule has 8 heteroatoms. The molecule has 1 aromatic heterocycles. The zero-order valence-electron chi connectivity index (χ0n) is 15.4. The Labute approximate surface area is 161 Å². The number of amides is 4. The molecule has 0 radical (unpaired) electrons. The number of urea groups is 1. The number of imide groups is 1. The number of carbonyl (C=O) groups excluding carboxylic acids is 3. The lowest BCUT2D eigenvalue weighted by Gasteiger charge is -2.32. The van der Waals surface area contributed by atoms with Crippen molar-refractivity contribution in [2.24, 2.45) is 0 Å². The van der Waals surface area contributed by atoms with Crippen molar-refractivity contribution in [3.63, 3.8) is 0 Å². The number of para-hydroxylation sites is 1. The average molecular weight is 386 g/mol. The van der Waals surface area contributed by atoms with Gasteiger partial charge in [0.2, 0.25) is 5.91 Å². The topological polar surface area (TPSA) is 82.6 Å². The Bertz CT molecular complexity index is 890. The second-order valence-electron chi connectivity index (χ2n) is 7.65. The number of hydrogen-bond donors (Lipinski definition) is 1. The second-order valence-corrected chi connectivity index (χ2v) is 8.71. The molecule has 2 aliphatic rings. The van der Waals surface area contributed by atoms with E-state index < -0.39 is 11.6 Å². The van der Waals surface area contributed by atoms with Gasteiger partial charge in [-0.25, -0.2) is 9.78 Å². The van der Waals surface area contributed by atoms with Gasteiger partial charge in [-0.2, -0.15) is 0 Å². The van der Waals surface area contributed by atoms with E-state index in [0.29, 0.717) is 13.1 Å². The first-order valence-electron chi connectivity index (χ1n) is 9.12. The van der Waals surface area contributed by atoms with Crippen LogP contribution in [0.3, 0.4) is 0 Å². The number of hydrogen-bond acceptors (Lipinski definition) is 5. The van der Waals surface area contributed by atoms with Gasteiger partial charge in [0.1, 0.15) is 12.1 Å². The summed E-state index contributed by atoms with van der Waals surface area (Å²) in [7, 11) is 0. The van der Waals surface area contributed by atoms with Crippen molar-refractivity contribution < 1.29 is 14.4 Å². The minimum Gasteiger partial charge on any atom is -0.340 e. The van der Waals surface area contributed by atoms with Crippen molar-refractivity contribution in [2.45, 2.75) is 38.1 Å². The number of carbonyl (C=O) groups is 3. The molecule has 2 aromatic rings. The molecule has 0 spiro atoms. The number of fused-ring (bicyclic) bond motifs is 1. The third-order valence-corrected chi connectivity index (χ3v) is 6.37. The number of likely N-dealkylation sites (tertiary alicyclic amines) is 1. The highest BCUT2D eigenvalue weighted by atomic mass is 32.1. The van der Waals surface area contributed by atoms with E-state index in [9.17, 15) is 14.4 Å². The number of nitrogens with zero attached hydrogens (tertiary/aromatic N) is 3. The van der Waals surface area contributed by atoms with E-state index in [4.69, 9.17) is 4.98 Å². The molecule has 4 rings (SSSR count). The Balaban J connectivity index is 1.45. The van der Waals surface area contributed by atoms with Gasteiger partial charge < -0.3 is 10.2 Å². The Morgan fingerprint density at radius 2 is 2.11 bits per heavy atom. The van der Waals surface area contributed by atoms with E-state index in [1.807, 2.05) is 18.2 Å². The van der Waals surface area contributed by atoms with Crippen molar-refractivity contribution in [2.75, 3.05) is 19.6 Å². The quantitative estimate of drug-likeness (QED) is 0.821. The Morgan fingerprint density at radius 3 is 2.81 bits per heavy atom. The Morgan fingerprint density at radius 1 is 1.33 bits per heavy atom. The standard InChI is InChI=1S/C19H22N4O3S/c1-19(2)17(25)23(18(26)21-19)11-15(24)22-9-5-6-12(10-22)16-20-13-7-3-4-8-14(13)27-16/h3-4,7-8,12H,5-6,9-11H2,1-2H3,(H,21,26)/t12-/m0/s1. The fourth-order valence-corrected chi connectivity index (χ4v) is 4.76. The number of nitrogens with one attached hydrogen (secondary N) is 1. The minimum absolute atomic E-state index is 0.193. The lowest BCUT2D eigenvalue weighted by Crippen LogP contribution is -2.47. The van der Waals surface area contributed by atoms with Gasteiger partial charge in [-0.15, -0.1) is 11.3 Å². The number of thiazole rings is 1. The van der Waals surface area contributed by atoms with Gasteiger partial charge in [0.05, 0.1) is 15.2 Å². The van der Waals surface area contributed by atoms with Crippen molar-refractivity contribution >= 4 is 39.4 Å². The first-order chi connectivity index (χ1) is 12.8. The highest BCUT2D eigenvalue weighted by molar-refractivity contribution is 7.18. The summed E-state index contributed by atoms with van der Waals surface area (Å²) in [6.45, 7) is 4.29. The summed E-state index contributed by atoms with van der Waals surface area (Å²) in [6, 6.07) is 7.53. The first-order valence-corrected chi connectivity index (χ1v) is 9.94. The predicted octanol–water partition coefficient (Wildman–Crippen LogP) is 2.33. The third kappa shape index (κ3) is 3.29. The van der Waals surface area contributed by atoms with Crippen LogP contribution >= 0.6 is 11.3 Å². The van der Waals surface area contributed by atoms with Gasteiger partial charge in [0, 0.05) is 19.0 Å². The monoisotopic (exact) mass is 386 g/mol. The molecule has 2 aliphatic heterocycles. The highest BCUT2D eigenvalue weighted by Gasteiger charge is 2.45. The molecule has 2 saturated heterocycles. The molecular formula is C19H22N4O3S. The smallest absolute Gasteiger partial charge is 0.325 e. The van der Waals surface area contributed by atoms with E-state index in [2.05, 4.69) is 11.4 Å². The molecule has 27 heavy (non-hydrogen) atoms. The molecule has 2 fully saturated rings. The van der Waals surface area contributed by atoms with E-state index in [1.54, 1.807) is 30.1 Å². The van der Waals surface area contributed by atoms with Gasteiger partial charge >= 0.3 is 6.03 Å². The van der Waals surface area contributed by atoms with Crippen LogP contribution in [0.2, 0.25) is 0 Å². The summed E-state index contributed by atoms with van der Waals surface area (Å²) < 4.78 is 1.15. The van der Waals surface area contributed by atoms with Crippen LogP contribution in [-0.4, -0.2) is 57.8 Å². The summed E-state index contributed by atoms with van der Waals surface area (Å²) in [4.78, 5) is 44.6. The number of aromatic nitrogens is 1. The lowest BCUT2D eigenvalue weighted by atomic mass is 9.98. The fraction of sp³-hybridized carbons (Fsp3) is 0.474. The van der Waals surface area contributed by atoms with Crippen LogP contribution in [0.25, 0.3) is 10.2 Å². The van der Waals surface area contributed by atoms with E-state index in [-0.39, 0.29) is 24.3 Å². The van der Waals surface area contributed by atoms with Gasteiger partial charge in [0.15, 0.2) is 0 Å². The van der Waals surface area contributed by atoms with E-state index in [1.165, 1.54) is 0 Å². The zero-order chi connectivity index (χ0) is 19.2. The molecule has 0 saturated carbocycles. The van der Waals surface area contributed by atoms with Crippen molar-refractivity contribution in [1.29, 1.82) is 0 Å². The number of piperidine rings is 1. The number of rotatable bonds is 3. The maximum atomic E-state index is 12.7. The summed E-state index contributed by atoms with van der Waals surface area (Å²) in [5.74, 6) is -0.359. The molecular weight excluding hydrogens is 364 g/mol. The van der Waals surface area contributed by atoms with Crippen LogP contribution in [0.1, 0.15) is 37.6 Å². The second kappa shape index (κ2) is 6.60. The van der Waals surface area contributed by atoms with Crippen LogP contribution in [0.5, 0.6) is 0 Å². The molecule has 4 amide bonds. The van der Waals surface area contributed by atoms with Crippen LogP contribution < -0.4 is 5.32 Å². The lowest BCUT2D eigenvalue weighted by molar-refractivity contribution is -0.139. The van der Waals surface area contributed by atoms with Crippen molar-refractivity contribution in [3.05, 3.63) is 29.3 Å². The molecule has 0 unspecified atom stereocenters. The zero-order valence-corrected chi connectivity index (χ0v) is 16.2. The maximum Gasteiger partial charge on any atom is 0.325 e. The summed E-state index contributed by atoms with van der Waals surface area (Å²) in [5.41, 5.74) is 0.0329. The summed E-state index contributed by atoms with van der Waals surface area (Å²) in [6.07, 6.45) is 1.87. The van der Waals surface area contributed by atoms with Crippen molar-refractivity contribution in [3.8, 4) is 0 Å². The van der Waals surface area contributed by atoms with Crippen LogP contribution in [0.4, 0.5) is 4.79 Å². The fourth-order valence-electron chi connectivity index (χ4n) is 3.67. The van der Waals surface area contributed by atoms with Gasteiger partial charge in [0.25, 0.3) is 5.91 Å². The van der Waals surface area contributed by atoms with Crippen molar-refractivity contribution in [1.82, 2.24) is 20.1 Å². The van der Waals surface area contributed by atoms with Gasteiger partial charge in [-0.1, -0.05) is 12.1 Å². The molecule has 1 N–H and O–H groups in total. The Kier molecular flexibility index (Phi) is 4.38. The van der Waals surface area contributed by atoms with Crippen LogP contribution in [0.15, 0.2) is 24.3 Å². The normalized spacial score (nSPS) is 22.4. The molecule has 7 nitrogen and oxygen atoms in total. The Hall–Kier alpha value is -2.48. The maximum absolute atomic E-state index is 12.7. The third-order valence-electron chi connectivity index (χ3n) is 5.17. The number of benzene rings is 1. The summed E-state index contributed by atoms with van der Waals surface area (Å²) >= 11 is 1.67. The first kappa shape index (κ1) is 17.9. The largest absolute Gasteiger partial charge is 0.340 e. The van der Waals surface area contributed by atoms with Crippen LogP contribution in [0, 0.1) is 0 Å². The van der Waals surface area contributed by atoms with E-state index in [0.717, 1.165) is 33.0 Å². The van der Waals surface area contributed by atoms with Gasteiger partial charge in [-0.3, -0.25) is 14.5 Å². The highest BCUT2D eigenvalue weighted by Crippen LogP contribution is 2.33. The average Bonchev–Trinajstić information content (AvgIpc) is 3.16. The predicted molar refractivity (Wildman–Crippen MR) is 102 cm³/mol. The molecule has 142 valence electrons. The SMILES string of the molecule is CC1(C)NC(=O)N(CC(=O)N2CCC[C@H](c3nc4ccccc4s3)C2)C1=O. The van der Waals surface area contributed by atoms with E-state index >= 15 is 0 Å². The minimum atomic E-state index is -0.956. The molecule has 0 aliphatic carbocycles. The molecule has 3 heterocycles. The molecule has 1 aromatic carbocycles. The molecule has 1 atom stereocenters. The van der Waals surface area contributed by atoms with Crippen LogP contribution in [-0.2, 0) is 9.59 Å².